The maximum Gasteiger partial charge on any atom is 0.0118 e. The number of nitrogens with one attached hydrogen (secondary N) is 1. The fourth-order valence-electron chi connectivity index (χ4n) is 2.89. The van der Waals surface area contributed by atoms with E-state index in [1.54, 1.807) is 0 Å². The molecule has 2 heteroatoms. The molecule has 1 aliphatic rings. The van der Waals surface area contributed by atoms with Crippen LogP contribution in [0.3, 0.4) is 0 Å². The Kier molecular flexibility index (Phi) is 6.65. The quantitative estimate of drug-likeness (QED) is 0.697. The molecule has 1 saturated carbocycles. The molecule has 1 aliphatic carbocycles. The van der Waals surface area contributed by atoms with Gasteiger partial charge in [-0.2, -0.15) is 0 Å². The van der Waals surface area contributed by atoms with Gasteiger partial charge in [0.15, 0.2) is 0 Å². The van der Waals surface area contributed by atoms with Gasteiger partial charge in [0.2, 0.25) is 0 Å². The van der Waals surface area contributed by atoms with Crippen molar-refractivity contribution in [3.8, 4) is 0 Å². The molecule has 1 rings (SSSR count). The highest BCUT2D eigenvalue weighted by molar-refractivity contribution is 4.87. The highest BCUT2D eigenvalue weighted by Gasteiger charge is 2.31. The molecule has 0 radical (unpaired) electrons. The van der Waals surface area contributed by atoms with Crippen molar-refractivity contribution < 1.29 is 0 Å². The Hall–Kier alpha value is -0.0800. The second kappa shape index (κ2) is 7.49. The van der Waals surface area contributed by atoms with E-state index in [2.05, 4.69) is 45.0 Å². The minimum absolute atomic E-state index is 0.507. The van der Waals surface area contributed by atoms with Crippen LogP contribution in [0.4, 0.5) is 0 Å². The molecule has 0 spiro atoms. The predicted octanol–water partition coefficient (Wildman–Crippen LogP) is 3.67. The van der Waals surface area contributed by atoms with E-state index in [1.807, 2.05) is 0 Å². The normalized spacial score (nSPS) is 23.8. The minimum atomic E-state index is 0.507. The Morgan fingerprint density at radius 1 is 1.22 bits per heavy atom. The zero-order valence-corrected chi connectivity index (χ0v) is 13.3. The molecule has 1 fully saturated rings. The van der Waals surface area contributed by atoms with Gasteiger partial charge < -0.3 is 10.2 Å². The van der Waals surface area contributed by atoms with Crippen molar-refractivity contribution in [1.29, 1.82) is 0 Å². The van der Waals surface area contributed by atoms with Crippen LogP contribution in [0.15, 0.2) is 0 Å². The van der Waals surface area contributed by atoms with Crippen LogP contribution in [0.25, 0.3) is 0 Å². The summed E-state index contributed by atoms with van der Waals surface area (Å²) >= 11 is 0. The molecule has 18 heavy (non-hydrogen) atoms. The summed E-state index contributed by atoms with van der Waals surface area (Å²) < 4.78 is 0. The highest BCUT2D eigenvalue weighted by atomic mass is 15.1. The number of hydrogen-bond donors (Lipinski definition) is 1. The standard InChI is InChI=1S/C16H34N2/c1-14(2)18(5)13-9-8-12-17-15-10-6-7-11-16(15,3)4/h14-15,17H,6-13H2,1-5H3. The molecular formula is C16H34N2. The summed E-state index contributed by atoms with van der Waals surface area (Å²) in [5.41, 5.74) is 0.507. The van der Waals surface area contributed by atoms with Crippen molar-refractivity contribution in [2.75, 3.05) is 20.1 Å². The molecule has 0 aliphatic heterocycles. The number of rotatable bonds is 7. The second-order valence-corrected chi connectivity index (χ2v) is 7.02. The van der Waals surface area contributed by atoms with E-state index in [4.69, 9.17) is 0 Å². The third-order valence-corrected chi connectivity index (χ3v) is 4.72. The number of nitrogens with zero attached hydrogens (tertiary/aromatic N) is 1. The smallest absolute Gasteiger partial charge is 0.0118 e. The van der Waals surface area contributed by atoms with E-state index in [1.165, 1.54) is 51.6 Å². The zero-order chi connectivity index (χ0) is 13.6. The van der Waals surface area contributed by atoms with E-state index in [0.717, 1.165) is 6.04 Å². The Labute approximate surface area is 115 Å². The molecule has 0 aromatic rings. The molecule has 108 valence electrons. The Bertz CT molecular complexity index is 223. The summed E-state index contributed by atoms with van der Waals surface area (Å²) in [6.07, 6.45) is 8.22. The summed E-state index contributed by atoms with van der Waals surface area (Å²) in [4.78, 5) is 2.44. The fourth-order valence-corrected chi connectivity index (χ4v) is 2.89. The van der Waals surface area contributed by atoms with Crippen LogP contribution in [0.2, 0.25) is 0 Å². The minimum Gasteiger partial charge on any atom is -0.313 e. The van der Waals surface area contributed by atoms with Crippen LogP contribution in [0.5, 0.6) is 0 Å². The molecule has 1 unspecified atom stereocenters. The topological polar surface area (TPSA) is 15.3 Å². The third-order valence-electron chi connectivity index (χ3n) is 4.72. The maximum atomic E-state index is 3.80. The molecule has 0 saturated heterocycles. The molecule has 0 amide bonds. The zero-order valence-electron chi connectivity index (χ0n) is 13.3. The second-order valence-electron chi connectivity index (χ2n) is 7.02. The molecule has 1 N–H and O–H groups in total. The average Bonchev–Trinajstić information content (AvgIpc) is 2.29. The predicted molar refractivity (Wildman–Crippen MR) is 81.0 cm³/mol. The van der Waals surface area contributed by atoms with Gasteiger partial charge in [-0.15, -0.1) is 0 Å². The Balaban J connectivity index is 2.10. The molecule has 1 atom stereocenters. The lowest BCUT2D eigenvalue weighted by atomic mass is 9.73. The first-order valence-electron chi connectivity index (χ1n) is 7.87. The van der Waals surface area contributed by atoms with Crippen molar-refractivity contribution in [3.63, 3.8) is 0 Å². The van der Waals surface area contributed by atoms with E-state index in [-0.39, 0.29) is 0 Å². The first-order chi connectivity index (χ1) is 8.43. The molecule has 0 aromatic carbocycles. The fraction of sp³-hybridized carbons (Fsp3) is 1.00. The van der Waals surface area contributed by atoms with Gasteiger partial charge in [0.05, 0.1) is 0 Å². The lowest BCUT2D eigenvalue weighted by Gasteiger charge is -2.39. The van der Waals surface area contributed by atoms with Gasteiger partial charge in [0, 0.05) is 12.1 Å². The summed E-state index contributed by atoms with van der Waals surface area (Å²) in [6.45, 7) is 11.8. The van der Waals surface area contributed by atoms with Gasteiger partial charge in [-0.25, -0.2) is 0 Å². The Morgan fingerprint density at radius 3 is 2.56 bits per heavy atom. The average molecular weight is 254 g/mol. The van der Waals surface area contributed by atoms with Crippen LogP contribution in [-0.4, -0.2) is 37.1 Å². The molecule has 0 bridgehead atoms. The van der Waals surface area contributed by atoms with Crippen LogP contribution in [0, 0.1) is 5.41 Å². The lowest BCUT2D eigenvalue weighted by Crippen LogP contribution is -2.44. The van der Waals surface area contributed by atoms with Gasteiger partial charge in [-0.05, 0) is 65.1 Å². The SMILES string of the molecule is CC(C)N(C)CCCCNC1CCCCC1(C)C. The van der Waals surface area contributed by atoms with E-state index < -0.39 is 0 Å². The summed E-state index contributed by atoms with van der Waals surface area (Å²) in [5, 5.41) is 3.80. The van der Waals surface area contributed by atoms with Gasteiger partial charge >= 0.3 is 0 Å². The molecular weight excluding hydrogens is 220 g/mol. The van der Waals surface area contributed by atoms with Gasteiger partial charge in [0.1, 0.15) is 0 Å². The van der Waals surface area contributed by atoms with Crippen LogP contribution in [-0.2, 0) is 0 Å². The van der Waals surface area contributed by atoms with Crippen LogP contribution in [0.1, 0.15) is 66.2 Å². The first kappa shape index (κ1) is 16.0. The van der Waals surface area contributed by atoms with Gasteiger partial charge in [0.25, 0.3) is 0 Å². The van der Waals surface area contributed by atoms with Crippen molar-refractivity contribution >= 4 is 0 Å². The molecule has 2 nitrogen and oxygen atoms in total. The van der Waals surface area contributed by atoms with Crippen molar-refractivity contribution in [2.45, 2.75) is 78.3 Å². The largest absolute Gasteiger partial charge is 0.313 e. The number of hydrogen-bond acceptors (Lipinski definition) is 2. The lowest BCUT2D eigenvalue weighted by molar-refractivity contribution is 0.167. The van der Waals surface area contributed by atoms with Crippen molar-refractivity contribution in [1.82, 2.24) is 10.2 Å². The summed E-state index contributed by atoms with van der Waals surface area (Å²) in [7, 11) is 2.22. The first-order valence-corrected chi connectivity index (χ1v) is 7.87. The van der Waals surface area contributed by atoms with Crippen molar-refractivity contribution in [3.05, 3.63) is 0 Å². The monoisotopic (exact) mass is 254 g/mol. The molecule has 0 aromatic heterocycles. The van der Waals surface area contributed by atoms with Crippen LogP contribution < -0.4 is 5.32 Å². The summed E-state index contributed by atoms with van der Waals surface area (Å²) in [5.74, 6) is 0. The van der Waals surface area contributed by atoms with E-state index in [0.29, 0.717) is 11.5 Å². The van der Waals surface area contributed by atoms with E-state index >= 15 is 0 Å². The third kappa shape index (κ3) is 5.27. The highest BCUT2D eigenvalue weighted by Crippen LogP contribution is 2.35. The summed E-state index contributed by atoms with van der Waals surface area (Å²) in [6, 6.07) is 1.42. The Morgan fingerprint density at radius 2 is 1.94 bits per heavy atom. The van der Waals surface area contributed by atoms with Gasteiger partial charge in [-0.3, -0.25) is 0 Å². The molecule has 0 heterocycles. The van der Waals surface area contributed by atoms with E-state index in [9.17, 15) is 0 Å². The van der Waals surface area contributed by atoms with Crippen molar-refractivity contribution in [2.24, 2.45) is 5.41 Å². The van der Waals surface area contributed by atoms with Gasteiger partial charge in [-0.1, -0.05) is 26.7 Å². The number of unbranched alkanes of at least 4 members (excludes halogenated alkanes) is 1. The van der Waals surface area contributed by atoms with Crippen LogP contribution >= 0.6 is 0 Å². The maximum absolute atomic E-state index is 3.80.